The molecule has 1 unspecified atom stereocenters. The zero-order chi connectivity index (χ0) is 14.8. The maximum atomic E-state index is 6.35. The van der Waals surface area contributed by atoms with Gasteiger partial charge in [-0.1, -0.05) is 32.4 Å². The lowest BCUT2D eigenvalue weighted by molar-refractivity contribution is 0.158. The number of hydrogen-bond donors (Lipinski definition) is 2. The lowest BCUT2D eigenvalue weighted by Crippen LogP contribution is -2.38. The minimum Gasteiger partial charge on any atom is -0.271 e. The molecule has 1 aromatic heterocycles. The zero-order valence-electron chi connectivity index (χ0n) is 12.8. The van der Waals surface area contributed by atoms with Crippen LogP contribution < -0.4 is 11.3 Å². The van der Waals surface area contributed by atoms with Crippen molar-refractivity contribution in [3.05, 3.63) is 16.9 Å². The molecule has 0 radical (unpaired) electrons. The highest BCUT2D eigenvalue weighted by Gasteiger charge is 2.34. The third-order valence-electron chi connectivity index (χ3n) is 4.60. The third-order valence-corrected chi connectivity index (χ3v) is 4.89. The normalized spacial score (nSPS) is 21.1. The van der Waals surface area contributed by atoms with Crippen molar-refractivity contribution in [2.45, 2.75) is 65.5 Å². The van der Waals surface area contributed by atoms with Gasteiger partial charge in [0.05, 0.1) is 23.0 Å². The quantitative estimate of drug-likeness (QED) is 0.644. The molecule has 0 amide bonds. The number of nitrogens with zero attached hydrogens (tertiary/aromatic N) is 2. The number of aryl methyl sites for hydroxylation is 1. The second kappa shape index (κ2) is 6.46. The summed E-state index contributed by atoms with van der Waals surface area (Å²) in [5.74, 6) is 6.39. The molecular weight excluding hydrogens is 272 g/mol. The van der Waals surface area contributed by atoms with Gasteiger partial charge in [-0.2, -0.15) is 5.10 Å². The Hall–Kier alpha value is -0.580. The number of hydrogen-bond acceptors (Lipinski definition) is 3. The van der Waals surface area contributed by atoms with Gasteiger partial charge in [-0.05, 0) is 43.4 Å². The van der Waals surface area contributed by atoms with Crippen LogP contribution in [0.15, 0.2) is 6.20 Å². The van der Waals surface area contributed by atoms with E-state index in [1.807, 2.05) is 4.68 Å². The van der Waals surface area contributed by atoms with Crippen LogP contribution in [0.25, 0.3) is 0 Å². The molecule has 0 aromatic carbocycles. The number of nitrogens with two attached hydrogens (primary N) is 1. The first kappa shape index (κ1) is 15.8. The molecule has 0 bridgehead atoms. The standard InChI is InChI=1S/C15H27ClN4/c1-4-9-20-14(12(16)10-18-20)13(19-17)11-5-7-15(2,3)8-6-11/h10-11,13,19H,4-9,17H2,1-3H3. The second-order valence-corrected chi connectivity index (χ2v) is 7.15. The summed E-state index contributed by atoms with van der Waals surface area (Å²) in [5, 5.41) is 5.11. The molecule has 4 nitrogen and oxygen atoms in total. The van der Waals surface area contributed by atoms with E-state index in [9.17, 15) is 0 Å². The van der Waals surface area contributed by atoms with Crippen molar-refractivity contribution < 1.29 is 0 Å². The number of nitrogens with one attached hydrogen (secondary N) is 1. The monoisotopic (exact) mass is 298 g/mol. The highest BCUT2D eigenvalue weighted by Crippen LogP contribution is 2.43. The first-order valence-corrected chi connectivity index (χ1v) is 8.03. The lowest BCUT2D eigenvalue weighted by Gasteiger charge is -2.38. The van der Waals surface area contributed by atoms with Crippen molar-refractivity contribution in [1.29, 1.82) is 0 Å². The van der Waals surface area contributed by atoms with Crippen LogP contribution in [0.3, 0.4) is 0 Å². The van der Waals surface area contributed by atoms with Gasteiger partial charge in [-0.3, -0.25) is 16.0 Å². The number of halogens is 1. The second-order valence-electron chi connectivity index (χ2n) is 6.75. The van der Waals surface area contributed by atoms with Gasteiger partial charge >= 0.3 is 0 Å². The van der Waals surface area contributed by atoms with Crippen molar-refractivity contribution in [2.75, 3.05) is 0 Å². The molecule has 1 atom stereocenters. The van der Waals surface area contributed by atoms with Gasteiger partial charge < -0.3 is 0 Å². The van der Waals surface area contributed by atoms with E-state index in [0.717, 1.165) is 23.7 Å². The van der Waals surface area contributed by atoms with Crippen LogP contribution in [-0.2, 0) is 6.54 Å². The first-order valence-electron chi connectivity index (χ1n) is 7.66. The molecule has 0 spiro atoms. The van der Waals surface area contributed by atoms with Gasteiger partial charge in [-0.25, -0.2) is 0 Å². The third kappa shape index (κ3) is 3.35. The van der Waals surface area contributed by atoms with Crippen LogP contribution in [0, 0.1) is 11.3 Å². The molecule has 3 N–H and O–H groups in total. The molecule has 0 saturated heterocycles. The maximum Gasteiger partial charge on any atom is 0.0834 e. The Morgan fingerprint density at radius 2 is 2.15 bits per heavy atom. The molecule has 0 aliphatic heterocycles. The van der Waals surface area contributed by atoms with E-state index < -0.39 is 0 Å². The zero-order valence-corrected chi connectivity index (χ0v) is 13.6. The van der Waals surface area contributed by atoms with E-state index in [2.05, 4.69) is 31.3 Å². The summed E-state index contributed by atoms with van der Waals surface area (Å²) in [6.45, 7) is 7.73. The molecule has 2 rings (SSSR count). The number of hydrazine groups is 1. The molecule has 1 fully saturated rings. The summed E-state index contributed by atoms with van der Waals surface area (Å²) in [4.78, 5) is 0. The summed E-state index contributed by atoms with van der Waals surface area (Å²) in [6, 6.07) is 0.104. The average molecular weight is 299 g/mol. The fraction of sp³-hybridized carbons (Fsp3) is 0.800. The fourth-order valence-corrected chi connectivity index (χ4v) is 3.52. The summed E-state index contributed by atoms with van der Waals surface area (Å²) in [7, 11) is 0. The molecular formula is C15H27ClN4. The van der Waals surface area contributed by atoms with E-state index in [1.165, 1.54) is 25.7 Å². The Balaban J connectivity index is 2.18. The Kier molecular flexibility index (Phi) is 5.10. The molecule has 1 heterocycles. The van der Waals surface area contributed by atoms with Gasteiger partial charge in [-0.15, -0.1) is 0 Å². The van der Waals surface area contributed by atoms with Crippen LogP contribution >= 0.6 is 11.6 Å². The number of aromatic nitrogens is 2. The molecule has 1 aromatic rings. The Bertz CT molecular complexity index is 431. The molecule has 20 heavy (non-hydrogen) atoms. The largest absolute Gasteiger partial charge is 0.271 e. The smallest absolute Gasteiger partial charge is 0.0834 e. The average Bonchev–Trinajstić information content (AvgIpc) is 2.75. The highest BCUT2D eigenvalue weighted by molar-refractivity contribution is 6.31. The van der Waals surface area contributed by atoms with Crippen molar-refractivity contribution >= 4 is 11.6 Å². The Morgan fingerprint density at radius 3 is 2.70 bits per heavy atom. The van der Waals surface area contributed by atoms with Crippen LogP contribution in [-0.4, -0.2) is 9.78 Å². The summed E-state index contributed by atoms with van der Waals surface area (Å²) in [5.41, 5.74) is 4.51. The van der Waals surface area contributed by atoms with Crippen molar-refractivity contribution in [3.8, 4) is 0 Å². The van der Waals surface area contributed by atoms with Crippen LogP contribution in [0.2, 0.25) is 5.02 Å². The van der Waals surface area contributed by atoms with Crippen LogP contribution in [0.5, 0.6) is 0 Å². The fourth-order valence-electron chi connectivity index (χ4n) is 3.26. The summed E-state index contributed by atoms with van der Waals surface area (Å²) in [6.07, 6.45) is 7.65. The van der Waals surface area contributed by atoms with Crippen molar-refractivity contribution in [1.82, 2.24) is 15.2 Å². The molecule has 1 aliphatic rings. The maximum absolute atomic E-state index is 6.35. The summed E-state index contributed by atoms with van der Waals surface area (Å²) < 4.78 is 2.01. The molecule has 1 saturated carbocycles. The van der Waals surface area contributed by atoms with Gasteiger partial charge in [0.2, 0.25) is 0 Å². The van der Waals surface area contributed by atoms with Gasteiger partial charge in [0, 0.05) is 6.54 Å². The van der Waals surface area contributed by atoms with Crippen molar-refractivity contribution in [3.63, 3.8) is 0 Å². The van der Waals surface area contributed by atoms with Crippen molar-refractivity contribution in [2.24, 2.45) is 17.2 Å². The molecule has 1 aliphatic carbocycles. The van der Waals surface area contributed by atoms with E-state index in [1.54, 1.807) is 6.20 Å². The van der Waals surface area contributed by atoms with E-state index >= 15 is 0 Å². The molecule has 5 heteroatoms. The highest BCUT2D eigenvalue weighted by atomic mass is 35.5. The minimum absolute atomic E-state index is 0.104. The SMILES string of the molecule is CCCn1ncc(Cl)c1C(NN)C1CCC(C)(C)CC1. The van der Waals surface area contributed by atoms with E-state index in [0.29, 0.717) is 11.3 Å². The minimum atomic E-state index is 0.104. The number of rotatable bonds is 5. The Labute approximate surface area is 127 Å². The van der Waals surface area contributed by atoms with E-state index in [4.69, 9.17) is 17.4 Å². The lowest BCUT2D eigenvalue weighted by atomic mass is 9.71. The molecule has 114 valence electrons. The van der Waals surface area contributed by atoms with Crippen LogP contribution in [0.4, 0.5) is 0 Å². The van der Waals surface area contributed by atoms with Gasteiger partial charge in [0.1, 0.15) is 0 Å². The predicted octanol–water partition coefficient (Wildman–Crippen LogP) is 3.67. The predicted molar refractivity (Wildman–Crippen MR) is 83.3 cm³/mol. The van der Waals surface area contributed by atoms with Crippen LogP contribution in [0.1, 0.15) is 64.6 Å². The van der Waals surface area contributed by atoms with Gasteiger partial charge in [0.25, 0.3) is 0 Å². The Morgan fingerprint density at radius 1 is 1.50 bits per heavy atom. The van der Waals surface area contributed by atoms with Gasteiger partial charge in [0.15, 0.2) is 0 Å². The first-order chi connectivity index (χ1) is 9.48. The van der Waals surface area contributed by atoms with E-state index in [-0.39, 0.29) is 6.04 Å². The summed E-state index contributed by atoms with van der Waals surface area (Å²) >= 11 is 6.35. The topological polar surface area (TPSA) is 55.9 Å².